The number of carboxylic acids is 1. The number of carboxylic acid groups (broad SMARTS) is 1. The number of rotatable bonds is 3. The average molecular weight is 222 g/mol. The molecule has 0 bridgehead atoms. The Morgan fingerprint density at radius 1 is 1.56 bits per heavy atom. The molecule has 1 aliphatic rings. The Morgan fingerprint density at radius 2 is 2.31 bits per heavy atom. The summed E-state index contributed by atoms with van der Waals surface area (Å²) in [5, 5.41) is 15.5. The fourth-order valence-electron chi connectivity index (χ4n) is 2.24. The van der Waals surface area contributed by atoms with Crippen molar-refractivity contribution in [2.24, 2.45) is 5.92 Å². The van der Waals surface area contributed by atoms with Gasteiger partial charge in [0.05, 0.1) is 11.3 Å². The van der Waals surface area contributed by atoms with Gasteiger partial charge in [-0.3, -0.25) is 14.7 Å². The molecular weight excluding hydrogens is 208 g/mol. The van der Waals surface area contributed by atoms with E-state index in [0.29, 0.717) is 24.8 Å². The van der Waals surface area contributed by atoms with Crippen LogP contribution in [0.2, 0.25) is 0 Å². The van der Waals surface area contributed by atoms with Gasteiger partial charge in [0.2, 0.25) is 0 Å². The molecule has 5 heteroatoms. The van der Waals surface area contributed by atoms with Crippen molar-refractivity contribution in [2.45, 2.75) is 32.6 Å². The lowest BCUT2D eigenvalue weighted by Crippen LogP contribution is -2.20. The maximum Gasteiger partial charge on any atom is 0.303 e. The Kier molecular flexibility index (Phi) is 2.77. The van der Waals surface area contributed by atoms with Crippen LogP contribution >= 0.6 is 0 Å². The lowest BCUT2D eigenvalue weighted by atomic mass is 9.83. The molecular formula is C11H14N2O3. The third kappa shape index (κ3) is 1.98. The van der Waals surface area contributed by atoms with Crippen molar-refractivity contribution in [3.05, 3.63) is 17.0 Å². The number of carbonyl (C=O) groups excluding carboxylic acids is 1. The van der Waals surface area contributed by atoms with Gasteiger partial charge in [-0.05, 0) is 25.7 Å². The monoisotopic (exact) mass is 222 g/mol. The summed E-state index contributed by atoms with van der Waals surface area (Å²) in [6, 6.07) is 0. The number of aliphatic carboxylic acids is 1. The largest absolute Gasteiger partial charge is 0.481 e. The molecule has 0 amide bonds. The van der Waals surface area contributed by atoms with Crippen LogP contribution in [0.1, 0.15) is 41.0 Å². The minimum atomic E-state index is -0.809. The minimum absolute atomic E-state index is 0.0860. The third-order valence-electron chi connectivity index (χ3n) is 3.02. The lowest BCUT2D eigenvalue weighted by molar-refractivity contribution is -0.137. The third-order valence-corrected chi connectivity index (χ3v) is 3.02. The molecule has 86 valence electrons. The van der Waals surface area contributed by atoms with Gasteiger partial charge in [0.15, 0.2) is 5.78 Å². The molecule has 1 aromatic heterocycles. The van der Waals surface area contributed by atoms with Gasteiger partial charge >= 0.3 is 5.97 Å². The molecule has 16 heavy (non-hydrogen) atoms. The number of fused-ring (bicyclic) bond motifs is 1. The summed E-state index contributed by atoms with van der Waals surface area (Å²) in [6.07, 6.45) is 1.82. The second-order valence-corrected chi connectivity index (χ2v) is 4.30. The van der Waals surface area contributed by atoms with Crippen molar-refractivity contribution in [2.75, 3.05) is 0 Å². The topological polar surface area (TPSA) is 83.0 Å². The van der Waals surface area contributed by atoms with Crippen molar-refractivity contribution in [1.29, 1.82) is 0 Å². The van der Waals surface area contributed by atoms with Crippen LogP contribution in [0, 0.1) is 12.8 Å². The van der Waals surface area contributed by atoms with E-state index in [9.17, 15) is 9.59 Å². The highest BCUT2D eigenvalue weighted by Gasteiger charge is 2.28. The van der Waals surface area contributed by atoms with E-state index in [2.05, 4.69) is 10.2 Å². The molecule has 1 aliphatic carbocycles. The number of hydrogen-bond donors (Lipinski definition) is 2. The number of H-pyrrole nitrogens is 1. The first-order valence-corrected chi connectivity index (χ1v) is 5.36. The van der Waals surface area contributed by atoms with Crippen LogP contribution in [0.5, 0.6) is 0 Å². The summed E-state index contributed by atoms with van der Waals surface area (Å²) in [7, 11) is 0. The van der Waals surface area contributed by atoms with Gasteiger partial charge in [0.1, 0.15) is 0 Å². The number of ketones is 1. The maximum absolute atomic E-state index is 11.8. The first-order valence-electron chi connectivity index (χ1n) is 5.36. The second kappa shape index (κ2) is 4.08. The normalized spacial score (nSPS) is 19.6. The number of nitrogens with zero attached hydrogens (tertiary/aromatic N) is 1. The highest BCUT2D eigenvalue weighted by atomic mass is 16.4. The van der Waals surface area contributed by atoms with E-state index in [-0.39, 0.29) is 18.1 Å². The summed E-state index contributed by atoms with van der Waals surface area (Å²) in [5.74, 6) is -0.599. The van der Waals surface area contributed by atoms with Gasteiger partial charge in [-0.2, -0.15) is 5.10 Å². The Labute approximate surface area is 92.9 Å². The predicted octanol–water partition coefficient (Wildman–Crippen LogP) is 1.33. The Hall–Kier alpha value is -1.65. The van der Waals surface area contributed by atoms with E-state index in [4.69, 9.17) is 5.11 Å². The predicted molar refractivity (Wildman–Crippen MR) is 56.3 cm³/mol. The van der Waals surface area contributed by atoms with Crippen LogP contribution in [0.15, 0.2) is 0 Å². The Bertz CT molecular complexity index is 436. The molecule has 2 rings (SSSR count). The van der Waals surface area contributed by atoms with E-state index >= 15 is 0 Å². The Balaban J connectivity index is 2.10. The number of hydrogen-bond acceptors (Lipinski definition) is 3. The zero-order chi connectivity index (χ0) is 11.7. The number of Topliss-reactive ketones (excluding diaryl/α,β-unsaturated/α-hetero) is 1. The molecule has 0 aromatic carbocycles. The van der Waals surface area contributed by atoms with Gasteiger partial charge in [-0.1, -0.05) is 0 Å². The lowest BCUT2D eigenvalue weighted by Gasteiger charge is -2.19. The second-order valence-electron chi connectivity index (χ2n) is 4.30. The maximum atomic E-state index is 11.8. The highest BCUT2D eigenvalue weighted by Crippen LogP contribution is 2.28. The molecule has 0 saturated carbocycles. The fraction of sp³-hybridized carbons (Fsp3) is 0.545. The van der Waals surface area contributed by atoms with Crippen LogP contribution < -0.4 is 0 Å². The molecule has 2 N–H and O–H groups in total. The van der Waals surface area contributed by atoms with Gasteiger partial charge in [0, 0.05) is 18.5 Å². The number of aryl methyl sites for hydroxylation is 1. The molecule has 0 radical (unpaired) electrons. The van der Waals surface area contributed by atoms with Gasteiger partial charge in [-0.25, -0.2) is 0 Å². The van der Waals surface area contributed by atoms with Crippen LogP contribution in [0.25, 0.3) is 0 Å². The number of carbonyl (C=O) groups is 2. The van der Waals surface area contributed by atoms with Gasteiger partial charge in [0.25, 0.3) is 0 Å². The first kappa shape index (κ1) is 10.9. The molecule has 1 heterocycles. The molecule has 0 saturated heterocycles. The zero-order valence-corrected chi connectivity index (χ0v) is 9.12. The molecule has 1 unspecified atom stereocenters. The van der Waals surface area contributed by atoms with Crippen molar-refractivity contribution in [3.63, 3.8) is 0 Å². The van der Waals surface area contributed by atoms with E-state index in [1.165, 1.54) is 0 Å². The van der Waals surface area contributed by atoms with E-state index in [1.807, 2.05) is 6.92 Å². The smallest absolute Gasteiger partial charge is 0.303 e. The number of nitrogens with one attached hydrogen (secondary N) is 1. The quantitative estimate of drug-likeness (QED) is 0.808. The van der Waals surface area contributed by atoms with Crippen LogP contribution in [0.3, 0.4) is 0 Å². The van der Waals surface area contributed by atoms with E-state index in [0.717, 1.165) is 11.4 Å². The van der Waals surface area contributed by atoms with Crippen molar-refractivity contribution >= 4 is 11.8 Å². The summed E-state index contributed by atoms with van der Waals surface area (Å²) in [5.41, 5.74) is 2.33. The van der Waals surface area contributed by atoms with E-state index in [1.54, 1.807) is 0 Å². The zero-order valence-electron chi connectivity index (χ0n) is 9.12. The Morgan fingerprint density at radius 3 is 3.00 bits per heavy atom. The summed E-state index contributed by atoms with van der Waals surface area (Å²) in [4.78, 5) is 22.3. The fourth-order valence-corrected chi connectivity index (χ4v) is 2.24. The first-order chi connectivity index (χ1) is 7.58. The highest BCUT2D eigenvalue weighted by molar-refractivity contribution is 5.99. The summed E-state index contributed by atoms with van der Waals surface area (Å²) >= 11 is 0. The van der Waals surface area contributed by atoms with Crippen molar-refractivity contribution in [3.8, 4) is 0 Å². The standard InChI is InChI=1S/C11H14N2O3/c1-6-11-8(13-12-6)4-7(5-9(11)14)2-3-10(15)16/h7H,2-5H2,1H3,(H,12,13)(H,15,16). The summed E-state index contributed by atoms with van der Waals surface area (Å²) < 4.78 is 0. The van der Waals surface area contributed by atoms with Crippen LogP contribution in [-0.4, -0.2) is 27.1 Å². The number of aromatic nitrogens is 2. The molecule has 0 fully saturated rings. The molecule has 0 spiro atoms. The molecule has 1 aromatic rings. The number of aromatic amines is 1. The van der Waals surface area contributed by atoms with Crippen LogP contribution in [0.4, 0.5) is 0 Å². The molecule has 5 nitrogen and oxygen atoms in total. The van der Waals surface area contributed by atoms with Crippen molar-refractivity contribution in [1.82, 2.24) is 10.2 Å². The summed E-state index contributed by atoms with van der Waals surface area (Å²) in [6.45, 7) is 1.83. The van der Waals surface area contributed by atoms with E-state index < -0.39 is 5.97 Å². The average Bonchev–Trinajstić information content (AvgIpc) is 2.58. The van der Waals surface area contributed by atoms with Gasteiger partial charge < -0.3 is 5.11 Å². The molecule has 0 aliphatic heterocycles. The SMILES string of the molecule is Cc1[nH]nc2c1C(=O)CC(CCC(=O)O)C2. The minimum Gasteiger partial charge on any atom is -0.481 e. The van der Waals surface area contributed by atoms with Crippen molar-refractivity contribution < 1.29 is 14.7 Å². The van der Waals surface area contributed by atoms with Crippen LogP contribution in [-0.2, 0) is 11.2 Å². The molecule has 1 atom stereocenters. The van der Waals surface area contributed by atoms with Gasteiger partial charge in [-0.15, -0.1) is 0 Å².